The van der Waals surface area contributed by atoms with Gasteiger partial charge in [0, 0.05) is 10.9 Å². The quantitative estimate of drug-likeness (QED) is 0.744. The van der Waals surface area contributed by atoms with Crippen molar-refractivity contribution in [2.75, 3.05) is 0 Å². The molecule has 0 aliphatic rings. The summed E-state index contributed by atoms with van der Waals surface area (Å²) in [6, 6.07) is 14.2. The predicted molar refractivity (Wildman–Crippen MR) is 78.2 cm³/mol. The molecule has 0 fully saturated rings. The summed E-state index contributed by atoms with van der Waals surface area (Å²) >= 11 is 0. The first kappa shape index (κ1) is 12.0. The summed E-state index contributed by atoms with van der Waals surface area (Å²) in [5, 5.41) is 1.09. The average Bonchev–Trinajstić information content (AvgIpc) is 2.84. The molecule has 1 aromatic heterocycles. The van der Waals surface area contributed by atoms with Gasteiger partial charge < -0.3 is 10.2 Å². The second kappa shape index (κ2) is 4.56. The molecule has 96 valence electrons. The van der Waals surface area contributed by atoms with Gasteiger partial charge in [-0.25, -0.2) is 0 Å². The zero-order valence-corrected chi connectivity index (χ0v) is 11.2. The van der Waals surface area contributed by atoms with Gasteiger partial charge in [-0.3, -0.25) is 0 Å². The van der Waals surface area contributed by atoms with Gasteiger partial charge in [0.15, 0.2) is 0 Å². The van der Waals surface area contributed by atoms with Crippen LogP contribution in [0.2, 0.25) is 0 Å². The first-order valence-electron chi connectivity index (χ1n) is 6.45. The topological polar surface area (TPSA) is 39.2 Å². The molecule has 19 heavy (non-hydrogen) atoms. The van der Waals surface area contributed by atoms with E-state index in [0.717, 1.165) is 22.1 Å². The Balaban J connectivity index is 2.13. The standard InChI is InChI=1S/C17H17NO/c1-11-7-8-12(2)14(9-11)17(18)15-10-19-16-6-4-3-5-13(15)16/h3-10,17H,18H2,1-2H3. The number of benzene rings is 2. The summed E-state index contributed by atoms with van der Waals surface area (Å²) in [7, 11) is 0. The lowest BCUT2D eigenvalue weighted by atomic mass is 9.94. The number of rotatable bonds is 2. The highest BCUT2D eigenvalue weighted by Gasteiger charge is 2.16. The van der Waals surface area contributed by atoms with E-state index in [0.29, 0.717) is 0 Å². The minimum Gasteiger partial charge on any atom is -0.464 e. The number of furan rings is 1. The number of hydrogen-bond acceptors (Lipinski definition) is 2. The highest BCUT2D eigenvalue weighted by atomic mass is 16.3. The van der Waals surface area contributed by atoms with Crippen molar-refractivity contribution in [2.24, 2.45) is 5.73 Å². The maximum Gasteiger partial charge on any atom is 0.134 e. The molecule has 0 saturated heterocycles. The molecular formula is C17H17NO. The Hall–Kier alpha value is -2.06. The van der Waals surface area contributed by atoms with Crippen molar-refractivity contribution in [3.63, 3.8) is 0 Å². The number of nitrogens with two attached hydrogens (primary N) is 1. The molecule has 0 amide bonds. The van der Waals surface area contributed by atoms with Crippen molar-refractivity contribution in [1.29, 1.82) is 0 Å². The molecule has 2 heteroatoms. The molecule has 1 unspecified atom stereocenters. The maximum absolute atomic E-state index is 6.44. The van der Waals surface area contributed by atoms with Gasteiger partial charge in [0.1, 0.15) is 5.58 Å². The van der Waals surface area contributed by atoms with Crippen LogP contribution in [0.1, 0.15) is 28.3 Å². The van der Waals surface area contributed by atoms with E-state index in [4.69, 9.17) is 10.2 Å². The Morgan fingerprint density at radius 2 is 1.79 bits per heavy atom. The molecule has 2 aromatic carbocycles. The van der Waals surface area contributed by atoms with E-state index in [-0.39, 0.29) is 6.04 Å². The average molecular weight is 251 g/mol. The van der Waals surface area contributed by atoms with Crippen LogP contribution in [-0.4, -0.2) is 0 Å². The number of fused-ring (bicyclic) bond motifs is 1. The lowest BCUT2D eigenvalue weighted by Gasteiger charge is -2.14. The van der Waals surface area contributed by atoms with Crippen molar-refractivity contribution in [3.05, 3.63) is 71.0 Å². The SMILES string of the molecule is Cc1ccc(C)c(C(N)c2coc3ccccc23)c1. The van der Waals surface area contributed by atoms with Crippen LogP contribution < -0.4 is 5.73 Å². The fraction of sp³-hybridized carbons (Fsp3) is 0.176. The van der Waals surface area contributed by atoms with Crippen LogP contribution in [-0.2, 0) is 0 Å². The van der Waals surface area contributed by atoms with Gasteiger partial charge in [-0.1, -0.05) is 42.0 Å². The lowest BCUT2D eigenvalue weighted by Crippen LogP contribution is -2.13. The molecule has 0 radical (unpaired) electrons. The Morgan fingerprint density at radius 3 is 2.63 bits per heavy atom. The lowest BCUT2D eigenvalue weighted by molar-refractivity contribution is 0.607. The maximum atomic E-state index is 6.44. The summed E-state index contributed by atoms with van der Waals surface area (Å²) < 4.78 is 5.58. The molecule has 2 nitrogen and oxygen atoms in total. The van der Waals surface area contributed by atoms with Crippen LogP contribution >= 0.6 is 0 Å². The van der Waals surface area contributed by atoms with Crippen molar-refractivity contribution in [3.8, 4) is 0 Å². The smallest absolute Gasteiger partial charge is 0.134 e. The number of hydrogen-bond donors (Lipinski definition) is 1. The van der Waals surface area contributed by atoms with E-state index in [1.165, 1.54) is 11.1 Å². The van der Waals surface area contributed by atoms with Gasteiger partial charge >= 0.3 is 0 Å². The van der Waals surface area contributed by atoms with Gasteiger partial charge in [-0.05, 0) is 31.0 Å². The molecule has 3 aromatic rings. The van der Waals surface area contributed by atoms with Crippen LogP contribution in [0.25, 0.3) is 11.0 Å². The van der Waals surface area contributed by atoms with Crippen LogP contribution in [0.5, 0.6) is 0 Å². The molecule has 0 aliphatic heterocycles. The van der Waals surface area contributed by atoms with E-state index in [1.54, 1.807) is 6.26 Å². The van der Waals surface area contributed by atoms with Crippen molar-refractivity contribution in [2.45, 2.75) is 19.9 Å². The highest BCUT2D eigenvalue weighted by molar-refractivity contribution is 5.82. The number of para-hydroxylation sites is 1. The summed E-state index contributed by atoms with van der Waals surface area (Å²) in [5.41, 5.74) is 12.0. The van der Waals surface area contributed by atoms with Gasteiger partial charge in [0.05, 0.1) is 12.3 Å². The summed E-state index contributed by atoms with van der Waals surface area (Å²) in [5.74, 6) is 0. The van der Waals surface area contributed by atoms with Gasteiger partial charge in [-0.2, -0.15) is 0 Å². The second-order valence-electron chi connectivity index (χ2n) is 5.02. The molecule has 3 rings (SSSR count). The van der Waals surface area contributed by atoms with E-state index in [1.807, 2.05) is 18.2 Å². The molecule has 0 saturated carbocycles. The van der Waals surface area contributed by atoms with Gasteiger partial charge in [0.2, 0.25) is 0 Å². The minimum atomic E-state index is -0.149. The van der Waals surface area contributed by atoms with Crippen molar-refractivity contribution < 1.29 is 4.42 Å². The van der Waals surface area contributed by atoms with Crippen LogP contribution in [0.4, 0.5) is 0 Å². The van der Waals surface area contributed by atoms with Gasteiger partial charge in [-0.15, -0.1) is 0 Å². The monoisotopic (exact) mass is 251 g/mol. The van der Waals surface area contributed by atoms with Crippen molar-refractivity contribution in [1.82, 2.24) is 0 Å². The predicted octanol–water partition coefficient (Wildman–Crippen LogP) is 4.10. The zero-order chi connectivity index (χ0) is 13.4. The Labute approximate surface area is 112 Å². The first-order valence-corrected chi connectivity index (χ1v) is 6.45. The van der Waals surface area contributed by atoms with Crippen molar-refractivity contribution >= 4 is 11.0 Å². The molecule has 1 atom stereocenters. The van der Waals surface area contributed by atoms with E-state index < -0.39 is 0 Å². The fourth-order valence-corrected chi connectivity index (χ4v) is 2.50. The van der Waals surface area contributed by atoms with E-state index in [2.05, 4.69) is 38.1 Å². The third kappa shape index (κ3) is 2.04. The zero-order valence-electron chi connectivity index (χ0n) is 11.2. The Kier molecular flexibility index (Phi) is 2.88. The minimum absolute atomic E-state index is 0.149. The Bertz CT molecular complexity index is 727. The van der Waals surface area contributed by atoms with Crippen LogP contribution in [0.15, 0.2) is 53.1 Å². The molecule has 0 aliphatic carbocycles. The Morgan fingerprint density at radius 1 is 1.00 bits per heavy atom. The molecule has 2 N–H and O–H groups in total. The molecule has 0 spiro atoms. The van der Waals surface area contributed by atoms with Crippen LogP contribution in [0.3, 0.4) is 0 Å². The summed E-state index contributed by atoms with van der Waals surface area (Å²) in [6.07, 6.45) is 1.77. The molecule has 0 bridgehead atoms. The summed E-state index contributed by atoms with van der Waals surface area (Å²) in [4.78, 5) is 0. The fourth-order valence-electron chi connectivity index (χ4n) is 2.50. The second-order valence-corrected chi connectivity index (χ2v) is 5.02. The normalized spacial score (nSPS) is 12.8. The van der Waals surface area contributed by atoms with Crippen LogP contribution in [0, 0.1) is 13.8 Å². The highest BCUT2D eigenvalue weighted by Crippen LogP contribution is 2.30. The largest absolute Gasteiger partial charge is 0.464 e. The van der Waals surface area contributed by atoms with E-state index in [9.17, 15) is 0 Å². The molecule has 1 heterocycles. The molecular weight excluding hydrogens is 234 g/mol. The first-order chi connectivity index (χ1) is 9.16. The third-order valence-electron chi connectivity index (χ3n) is 3.62. The third-order valence-corrected chi connectivity index (χ3v) is 3.62. The summed E-state index contributed by atoms with van der Waals surface area (Å²) in [6.45, 7) is 4.18. The van der Waals surface area contributed by atoms with Gasteiger partial charge in [0.25, 0.3) is 0 Å². The number of aryl methyl sites for hydroxylation is 2. The van der Waals surface area contributed by atoms with E-state index >= 15 is 0 Å².